The average molecular weight is 368 g/mol. The number of carbonyl (C=O) groups is 2. The average Bonchev–Trinajstić information content (AvgIpc) is 2.93. The number of pyridine rings is 1. The number of ketones is 1. The molecule has 140 valence electrons. The first-order valence-electron chi connectivity index (χ1n) is 8.33. The number of hydrogen-bond acceptors (Lipinski definition) is 6. The van der Waals surface area contributed by atoms with Gasteiger partial charge in [0.1, 0.15) is 11.5 Å². The summed E-state index contributed by atoms with van der Waals surface area (Å²) in [5, 5.41) is 10.4. The van der Waals surface area contributed by atoms with Crippen LogP contribution in [-0.2, 0) is 16.1 Å². The van der Waals surface area contributed by atoms with Gasteiger partial charge in [0.2, 0.25) is 0 Å². The zero-order valence-corrected chi connectivity index (χ0v) is 15.3. The molecular weight excluding hydrogens is 348 g/mol. The first-order valence-corrected chi connectivity index (χ1v) is 8.33. The van der Waals surface area contributed by atoms with Crippen LogP contribution >= 0.6 is 0 Å². The van der Waals surface area contributed by atoms with Crippen molar-refractivity contribution in [3.05, 3.63) is 65.2 Å². The van der Waals surface area contributed by atoms with Crippen molar-refractivity contribution in [2.75, 3.05) is 14.2 Å². The molecule has 2 aromatic rings. The van der Waals surface area contributed by atoms with E-state index in [1.165, 1.54) is 26.0 Å². The molecular formula is C20H20N2O5. The molecule has 1 atom stereocenters. The number of Topliss-reactive ketones (excluding diaryl/α,β-unsaturated/α-hetero) is 1. The molecule has 1 aromatic carbocycles. The van der Waals surface area contributed by atoms with Crippen molar-refractivity contribution in [3.63, 3.8) is 0 Å². The van der Waals surface area contributed by atoms with Crippen molar-refractivity contribution in [2.45, 2.75) is 19.5 Å². The van der Waals surface area contributed by atoms with E-state index in [0.29, 0.717) is 17.1 Å². The molecule has 27 heavy (non-hydrogen) atoms. The topological polar surface area (TPSA) is 89.0 Å². The smallest absolute Gasteiger partial charge is 0.290 e. The quantitative estimate of drug-likeness (QED) is 0.843. The molecule has 1 N–H and O–H groups in total. The molecule has 2 heterocycles. The minimum atomic E-state index is -0.768. The predicted octanol–water partition coefficient (Wildman–Crippen LogP) is 2.58. The van der Waals surface area contributed by atoms with Gasteiger partial charge in [-0.1, -0.05) is 6.07 Å². The van der Waals surface area contributed by atoms with Crippen LogP contribution in [0.2, 0.25) is 0 Å². The summed E-state index contributed by atoms with van der Waals surface area (Å²) in [7, 11) is 3.03. The molecule has 1 aliphatic rings. The van der Waals surface area contributed by atoms with Gasteiger partial charge in [0, 0.05) is 30.6 Å². The number of benzene rings is 1. The number of ether oxygens (including phenoxy) is 2. The number of carbonyl (C=O) groups excluding carboxylic acids is 2. The van der Waals surface area contributed by atoms with E-state index >= 15 is 0 Å². The van der Waals surface area contributed by atoms with Crippen molar-refractivity contribution in [3.8, 4) is 11.5 Å². The molecule has 1 amide bonds. The number of rotatable bonds is 6. The van der Waals surface area contributed by atoms with E-state index in [2.05, 4.69) is 4.98 Å². The summed E-state index contributed by atoms with van der Waals surface area (Å²) in [6, 6.07) is 7.94. The first-order chi connectivity index (χ1) is 13.0. The highest BCUT2D eigenvalue weighted by Gasteiger charge is 2.43. The maximum atomic E-state index is 12.7. The van der Waals surface area contributed by atoms with Crippen molar-refractivity contribution in [1.82, 2.24) is 9.88 Å². The third-order valence-electron chi connectivity index (χ3n) is 4.49. The van der Waals surface area contributed by atoms with Gasteiger partial charge in [0.25, 0.3) is 5.91 Å². The fourth-order valence-corrected chi connectivity index (χ4v) is 3.23. The number of aromatic nitrogens is 1. The van der Waals surface area contributed by atoms with Gasteiger partial charge in [0.15, 0.2) is 11.5 Å². The molecule has 0 saturated heterocycles. The van der Waals surface area contributed by atoms with E-state index in [1.807, 2.05) is 6.07 Å². The summed E-state index contributed by atoms with van der Waals surface area (Å²) in [5.41, 5.74) is 1.41. The second kappa shape index (κ2) is 7.49. The molecule has 0 aliphatic carbocycles. The van der Waals surface area contributed by atoms with E-state index < -0.39 is 17.7 Å². The van der Waals surface area contributed by atoms with E-state index in [9.17, 15) is 14.7 Å². The Kier molecular flexibility index (Phi) is 5.12. The van der Waals surface area contributed by atoms with Gasteiger partial charge in [-0.3, -0.25) is 14.6 Å². The van der Waals surface area contributed by atoms with Gasteiger partial charge in [-0.25, -0.2) is 0 Å². The molecule has 1 aromatic heterocycles. The molecule has 3 rings (SSSR count). The van der Waals surface area contributed by atoms with Crippen LogP contribution in [0.5, 0.6) is 11.5 Å². The second-order valence-electron chi connectivity index (χ2n) is 6.12. The van der Waals surface area contributed by atoms with Crippen LogP contribution in [0.4, 0.5) is 0 Å². The molecule has 0 fully saturated rings. The molecule has 1 aliphatic heterocycles. The summed E-state index contributed by atoms with van der Waals surface area (Å²) in [5.74, 6) is -0.480. The number of methoxy groups -OCH3 is 2. The van der Waals surface area contributed by atoms with Crippen molar-refractivity contribution >= 4 is 11.7 Å². The Morgan fingerprint density at radius 2 is 2.04 bits per heavy atom. The SMILES string of the molecule is COc1ccc(C2C(C(C)=O)=C(O)C(=O)N2Cc2cccnc2)c(OC)c1. The highest BCUT2D eigenvalue weighted by Crippen LogP contribution is 2.43. The monoisotopic (exact) mass is 368 g/mol. The maximum Gasteiger partial charge on any atom is 0.290 e. The summed E-state index contributed by atoms with van der Waals surface area (Å²) in [6.45, 7) is 1.52. The highest BCUT2D eigenvalue weighted by molar-refractivity contribution is 6.08. The Labute approximate surface area is 156 Å². The number of hydrogen-bond donors (Lipinski definition) is 1. The van der Waals surface area contributed by atoms with Gasteiger partial charge in [-0.05, 0) is 30.7 Å². The van der Waals surface area contributed by atoms with Crippen LogP contribution in [0.15, 0.2) is 54.1 Å². The lowest BCUT2D eigenvalue weighted by Gasteiger charge is -2.28. The number of aliphatic hydroxyl groups is 1. The van der Waals surface area contributed by atoms with E-state index in [0.717, 1.165) is 5.56 Å². The van der Waals surface area contributed by atoms with E-state index in [1.54, 1.807) is 36.7 Å². The molecule has 0 bridgehead atoms. The Balaban J connectivity index is 2.11. The van der Waals surface area contributed by atoms with E-state index in [4.69, 9.17) is 9.47 Å². The fourth-order valence-electron chi connectivity index (χ4n) is 3.23. The van der Waals surface area contributed by atoms with Crippen molar-refractivity contribution in [1.29, 1.82) is 0 Å². The largest absolute Gasteiger partial charge is 0.503 e. The number of amides is 1. The normalized spacial score (nSPS) is 16.6. The zero-order valence-electron chi connectivity index (χ0n) is 15.3. The Hall–Kier alpha value is -3.35. The van der Waals surface area contributed by atoms with Crippen LogP contribution in [0.25, 0.3) is 0 Å². The Morgan fingerprint density at radius 1 is 1.26 bits per heavy atom. The molecule has 0 radical (unpaired) electrons. The molecule has 0 saturated carbocycles. The van der Waals surface area contributed by atoms with Crippen LogP contribution in [0.1, 0.15) is 24.1 Å². The van der Waals surface area contributed by atoms with Gasteiger partial charge in [-0.2, -0.15) is 0 Å². The lowest BCUT2D eigenvalue weighted by atomic mass is 9.95. The molecule has 7 nitrogen and oxygen atoms in total. The summed E-state index contributed by atoms with van der Waals surface area (Å²) >= 11 is 0. The third kappa shape index (κ3) is 3.36. The van der Waals surface area contributed by atoms with Gasteiger partial charge < -0.3 is 19.5 Å². The number of nitrogens with zero attached hydrogens (tertiary/aromatic N) is 2. The summed E-state index contributed by atoms with van der Waals surface area (Å²) < 4.78 is 10.7. The third-order valence-corrected chi connectivity index (χ3v) is 4.49. The van der Waals surface area contributed by atoms with Crippen molar-refractivity contribution < 1.29 is 24.2 Å². The minimum Gasteiger partial charge on any atom is -0.503 e. The second-order valence-corrected chi connectivity index (χ2v) is 6.12. The Bertz CT molecular complexity index is 908. The Morgan fingerprint density at radius 3 is 2.63 bits per heavy atom. The minimum absolute atomic E-state index is 0.0485. The lowest BCUT2D eigenvalue weighted by Crippen LogP contribution is -2.30. The first kappa shape index (κ1) is 18.4. The van der Waals surface area contributed by atoms with Crippen LogP contribution in [0.3, 0.4) is 0 Å². The number of aliphatic hydroxyl groups excluding tert-OH is 1. The molecule has 7 heteroatoms. The van der Waals surface area contributed by atoms with E-state index in [-0.39, 0.29) is 17.9 Å². The lowest BCUT2D eigenvalue weighted by molar-refractivity contribution is -0.130. The summed E-state index contributed by atoms with van der Waals surface area (Å²) in [6.07, 6.45) is 3.27. The standard InChI is InChI=1S/C20H20N2O5/c1-12(23)17-18(15-7-6-14(26-2)9-16(15)27-3)22(20(25)19(17)24)11-13-5-4-8-21-10-13/h4-10,18,24H,11H2,1-3H3. The van der Waals surface area contributed by atoms with Crippen LogP contribution < -0.4 is 9.47 Å². The summed E-state index contributed by atoms with van der Waals surface area (Å²) in [4.78, 5) is 30.4. The van der Waals surface area contributed by atoms with Gasteiger partial charge >= 0.3 is 0 Å². The fraction of sp³-hybridized carbons (Fsp3) is 0.250. The predicted molar refractivity (Wildman–Crippen MR) is 97.4 cm³/mol. The van der Waals surface area contributed by atoms with Crippen LogP contribution in [-0.4, -0.2) is 40.9 Å². The molecule has 0 spiro atoms. The molecule has 1 unspecified atom stereocenters. The zero-order chi connectivity index (χ0) is 19.6. The van der Waals surface area contributed by atoms with Crippen LogP contribution in [0, 0.1) is 0 Å². The van der Waals surface area contributed by atoms with Crippen molar-refractivity contribution in [2.24, 2.45) is 0 Å². The highest BCUT2D eigenvalue weighted by atomic mass is 16.5. The van der Waals surface area contributed by atoms with Gasteiger partial charge in [0.05, 0.1) is 25.8 Å². The van der Waals surface area contributed by atoms with Gasteiger partial charge in [-0.15, -0.1) is 0 Å². The maximum absolute atomic E-state index is 12.7.